The van der Waals surface area contributed by atoms with Crippen LogP contribution >= 0.6 is 0 Å². The predicted molar refractivity (Wildman–Crippen MR) is 113 cm³/mol. The van der Waals surface area contributed by atoms with Crippen molar-refractivity contribution in [3.05, 3.63) is 115 Å². The molecule has 0 saturated heterocycles. The highest BCUT2D eigenvalue weighted by molar-refractivity contribution is 5.79. The summed E-state index contributed by atoms with van der Waals surface area (Å²) >= 11 is 0. The minimum atomic E-state index is -0.268. The molecule has 0 amide bonds. The fraction of sp³-hybridized carbons (Fsp3) is 0.0385. The molecule has 4 aromatic rings. The Morgan fingerprint density at radius 1 is 0.571 bits per heavy atom. The summed E-state index contributed by atoms with van der Waals surface area (Å²) in [6.07, 6.45) is 0.234. The molecule has 136 valence electrons. The monoisotopic (exact) mass is 364 g/mol. The topological polar surface area (TPSA) is 26.3 Å². The minimum absolute atomic E-state index is 0.234. The molecule has 0 aliphatic rings. The standard InChI is InChI=1S/C26H20O2/c27-26(19-20-15-17-22(18-16-20)21-9-3-1-4-10-21)28-25-14-8-7-13-24(25)23-11-5-2-6-12-23/h1-18H,19H2. The molecule has 0 unspecified atom stereocenters. The maximum absolute atomic E-state index is 12.5. The molecule has 2 heteroatoms. The number of benzene rings is 4. The van der Waals surface area contributed by atoms with Crippen LogP contribution in [0.5, 0.6) is 5.75 Å². The van der Waals surface area contributed by atoms with Crippen molar-refractivity contribution in [1.29, 1.82) is 0 Å². The molecule has 0 N–H and O–H groups in total. The first-order chi connectivity index (χ1) is 13.8. The second kappa shape index (κ2) is 8.36. The van der Waals surface area contributed by atoms with Gasteiger partial charge in [-0.05, 0) is 28.3 Å². The summed E-state index contributed by atoms with van der Waals surface area (Å²) in [7, 11) is 0. The van der Waals surface area contributed by atoms with Gasteiger partial charge in [0, 0.05) is 5.56 Å². The quantitative estimate of drug-likeness (QED) is 0.313. The van der Waals surface area contributed by atoms with Crippen molar-refractivity contribution in [1.82, 2.24) is 0 Å². The zero-order valence-electron chi connectivity index (χ0n) is 15.4. The maximum Gasteiger partial charge on any atom is 0.315 e. The fourth-order valence-corrected chi connectivity index (χ4v) is 3.18. The number of carbonyl (C=O) groups is 1. The van der Waals surface area contributed by atoms with Gasteiger partial charge in [0.05, 0.1) is 6.42 Å². The van der Waals surface area contributed by atoms with Crippen LogP contribution in [0.1, 0.15) is 5.56 Å². The largest absolute Gasteiger partial charge is 0.426 e. The molecule has 0 fully saturated rings. The Labute approximate surface area is 165 Å². The van der Waals surface area contributed by atoms with E-state index in [0.717, 1.165) is 27.8 Å². The average Bonchev–Trinajstić information content (AvgIpc) is 2.76. The summed E-state index contributed by atoms with van der Waals surface area (Å²) in [6, 6.07) is 35.8. The third-order valence-electron chi connectivity index (χ3n) is 4.61. The maximum atomic E-state index is 12.5. The van der Waals surface area contributed by atoms with Crippen molar-refractivity contribution in [3.63, 3.8) is 0 Å². The SMILES string of the molecule is O=C(Cc1ccc(-c2ccccc2)cc1)Oc1ccccc1-c1ccccc1. The molecule has 2 nitrogen and oxygen atoms in total. The van der Waals surface area contributed by atoms with Gasteiger partial charge in [-0.25, -0.2) is 0 Å². The van der Waals surface area contributed by atoms with Gasteiger partial charge in [-0.2, -0.15) is 0 Å². The number of hydrogen-bond donors (Lipinski definition) is 0. The molecule has 0 aliphatic carbocycles. The van der Waals surface area contributed by atoms with Crippen molar-refractivity contribution in [2.45, 2.75) is 6.42 Å². The summed E-state index contributed by atoms with van der Waals surface area (Å²) in [5, 5.41) is 0. The number of para-hydroxylation sites is 1. The second-order valence-corrected chi connectivity index (χ2v) is 6.58. The van der Waals surface area contributed by atoms with E-state index < -0.39 is 0 Å². The molecule has 4 aromatic carbocycles. The molecule has 0 heterocycles. The summed E-state index contributed by atoms with van der Waals surface area (Å²) < 4.78 is 5.68. The molecule has 0 bridgehead atoms. The Kier molecular flexibility index (Phi) is 5.30. The van der Waals surface area contributed by atoms with Crippen molar-refractivity contribution in [2.75, 3.05) is 0 Å². The van der Waals surface area contributed by atoms with Crippen LogP contribution in [0.15, 0.2) is 109 Å². The van der Waals surface area contributed by atoms with E-state index in [2.05, 4.69) is 12.1 Å². The molecular formula is C26H20O2. The van der Waals surface area contributed by atoms with E-state index in [0.29, 0.717) is 5.75 Å². The first-order valence-electron chi connectivity index (χ1n) is 9.29. The highest BCUT2D eigenvalue weighted by Crippen LogP contribution is 2.30. The Morgan fingerprint density at radius 3 is 1.79 bits per heavy atom. The zero-order chi connectivity index (χ0) is 19.2. The van der Waals surface area contributed by atoms with E-state index in [9.17, 15) is 4.79 Å². The number of carbonyl (C=O) groups excluding carboxylic acids is 1. The molecule has 28 heavy (non-hydrogen) atoms. The molecule has 0 saturated carbocycles. The Hall–Kier alpha value is -3.65. The van der Waals surface area contributed by atoms with Crippen LogP contribution in [0.3, 0.4) is 0 Å². The summed E-state index contributed by atoms with van der Waals surface area (Å²) in [4.78, 5) is 12.5. The lowest BCUT2D eigenvalue weighted by atomic mass is 10.0. The minimum Gasteiger partial charge on any atom is -0.426 e. The van der Waals surface area contributed by atoms with Crippen LogP contribution in [-0.2, 0) is 11.2 Å². The van der Waals surface area contributed by atoms with Crippen molar-refractivity contribution in [2.24, 2.45) is 0 Å². The van der Waals surface area contributed by atoms with E-state index in [1.807, 2.05) is 97.1 Å². The van der Waals surface area contributed by atoms with Gasteiger partial charge in [-0.15, -0.1) is 0 Å². The molecule has 0 spiro atoms. The van der Waals surface area contributed by atoms with Crippen molar-refractivity contribution < 1.29 is 9.53 Å². The molecular weight excluding hydrogens is 344 g/mol. The summed E-state index contributed by atoms with van der Waals surface area (Å²) in [5.41, 5.74) is 5.16. The fourth-order valence-electron chi connectivity index (χ4n) is 3.18. The van der Waals surface area contributed by atoms with Gasteiger partial charge in [-0.3, -0.25) is 4.79 Å². The van der Waals surface area contributed by atoms with Gasteiger partial charge in [0.2, 0.25) is 0 Å². The van der Waals surface area contributed by atoms with Crippen molar-refractivity contribution in [3.8, 4) is 28.0 Å². The third-order valence-corrected chi connectivity index (χ3v) is 4.61. The Balaban J connectivity index is 1.47. The van der Waals surface area contributed by atoms with Crippen LogP contribution in [0, 0.1) is 0 Å². The van der Waals surface area contributed by atoms with Gasteiger partial charge in [0.1, 0.15) is 5.75 Å². The average molecular weight is 364 g/mol. The van der Waals surface area contributed by atoms with Crippen LogP contribution in [-0.4, -0.2) is 5.97 Å². The van der Waals surface area contributed by atoms with E-state index in [4.69, 9.17) is 4.74 Å². The van der Waals surface area contributed by atoms with Crippen LogP contribution in [0.25, 0.3) is 22.3 Å². The second-order valence-electron chi connectivity index (χ2n) is 6.58. The van der Waals surface area contributed by atoms with E-state index >= 15 is 0 Å². The molecule has 4 rings (SSSR count). The highest BCUT2D eigenvalue weighted by atomic mass is 16.5. The zero-order valence-corrected chi connectivity index (χ0v) is 15.4. The smallest absolute Gasteiger partial charge is 0.315 e. The van der Waals surface area contributed by atoms with Gasteiger partial charge in [0.15, 0.2) is 0 Å². The van der Waals surface area contributed by atoms with Gasteiger partial charge in [-0.1, -0.05) is 103 Å². The van der Waals surface area contributed by atoms with E-state index in [1.54, 1.807) is 0 Å². The van der Waals surface area contributed by atoms with Crippen LogP contribution in [0.2, 0.25) is 0 Å². The normalized spacial score (nSPS) is 10.4. The van der Waals surface area contributed by atoms with Gasteiger partial charge >= 0.3 is 5.97 Å². The summed E-state index contributed by atoms with van der Waals surface area (Å²) in [5.74, 6) is 0.315. The predicted octanol–water partition coefficient (Wildman–Crippen LogP) is 6.17. The number of hydrogen-bond acceptors (Lipinski definition) is 2. The summed E-state index contributed by atoms with van der Waals surface area (Å²) in [6.45, 7) is 0. The lowest BCUT2D eigenvalue weighted by molar-refractivity contribution is -0.133. The van der Waals surface area contributed by atoms with E-state index in [1.165, 1.54) is 0 Å². The lowest BCUT2D eigenvalue weighted by Crippen LogP contribution is -2.11. The molecule has 0 atom stereocenters. The lowest BCUT2D eigenvalue weighted by Gasteiger charge is -2.10. The van der Waals surface area contributed by atoms with E-state index in [-0.39, 0.29) is 12.4 Å². The van der Waals surface area contributed by atoms with Gasteiger partial charge in [0.25, 0.3) is 0 Å². The Morgan fingerprint density at radius 2 is 1.11 bits per heavy atom. The number of ether oxygens (including phenoxy) is 1. The van der Waals surface area contributed by atoms with Crippen LogP contribution in [0.4, 0.5) is 0 Å². The molecule has 0 aromatic heterocycles. The molecule has 0 radical (unpaired) electrons. The highest BCUT2D eigenvalue weighted by Gasteiger charge is 2.11. The number of rotatable bonds is 5. The third kappa shape index (κ3) is 4.18. The number of esters is 1. The van der Waals surface area contributed by atoms with Gasteiger partial charge < -0.3 is 4.74 Å². The first-order valence-corrected chi connectivity index (χ1v) is 9.29. The Bertz CT molecular complexity index is 1050. The molecule has 0 aliphatic heterocycles. The van der Waals surface area contributed by atoms with Crippen LogP contribution < -0.4 is 4.74 Å². The van der Waals surface area contributed by atoms with Crippen molar-refractivity contribution >= 4 is 5.97 Å². The first kappa shape index (κ1) is 17.7.